The number of fused-ring (bicyclic) bond motifs is 1. The molecule has 2 heteroatoms. The lowest BCUT2D eigenvalue weighted by molar-refractivity contribution is 0.141. The number of benzene rings is 3. The molecule has 2 aliphatic rings. The maximum atomic E-state index is 9.59. The summed E-state index contributed by atoms with van der Waals surface area (Å²) in [7, 11) is 0. The maximum absolute atomic E-state index is 9.59. The van der Waals surface area contributed by atoms with Crippen LogP contribution in [0.4, 0.5) is 0 Å². The Balaban J connectivity index is 1.12. The van der Waals surface area contributed by atoms with Gasteiger partial charge in [-0.15, -0.1) is 0 Å². The van der Waals surface area contributed by atoms with E-state index in [-0.39, 0.29) is 19.1 Å². The van der Waals surface area contributed by atoms with E-state index in [4.69, 9.17) is 0 Å². The molecule has 0 aromatic heterocycles. The van der Waals surface area contributed by atoms with Crippen LogP contribution in [0.3, 0.4) is 0 Å². The molecule has 2 N–H and O–H groups in total. The summed E-state index contributed by atoms with van der Waals surface area (Å²) < 4.78 is 0. The van der Waals surface area contributed by atoms with Crippen molar-refractivity contribution < 1.29 is 10.2 Å². The Morgan fingerprint density at radius 3 is 1.80 bits per heavy atom. The van der Waals surface area contributed by atoms with Gasteiger partial charge in [0.15, 0.2) is 0 Å². The molecule has 2 nitrogen and oxygen atoms in total. The Labute approximate surface area is 249 Å². The lowest BCUT2D eigenvalue weighted by Gasteiger charge is -2.42. The summed E-state index contributed by atoms with van der Waals surface area (Å²) in [6.45, 7) is 4.80. The van der Waals surface area contributed by atoms with Crippen LogP contribution in [0.15, 0.2) is 66.7 Å². The van der Waals surface area contributed by atoms with Crippen LogP contribution in [0.5, 0.6) is 0 Å². The van der Waals surface area contributed by atoms with E-state index in [9.17, 15) is 10.2 Å². The number of aliphatic hydroxyl groups excluding tert-OH is 2. The molecule has 0 heterocycles. The zero-order chi connectivity index (χ0) is 28.6. The van der Waals surface area contributed by atoms with E-state index in [1.54, 1.807) is 22.3 Å². The quantitative estimate of drug-likeness (QED) is 0.235. The first kappa shape index (κ1) is 30.1. The first-order valence-electron chi connectivity index (χ1n) is 16.6. The van der Waals surface area contributed by atoms with Crippen LogP contribution < -0.4 is 0 Å². The molecular formula is C39H52O2. The van der Waals surface area contributed by atoms with Gasteiger partial charge in [-0.25, -0.2) is 0 Å². The van der Waals surface area contributed by atoms with E-state index in [0.29, 0.717) is 6.42 Å². The Kier molecular flexibility index (Phi) is 10.7. The molecule has 0 bridgehead atoms. The molecule has 3 aromatic rings. The second kappa shape index (κ2) is 14.7. The molecule has 2 fully saturated rings. The maximum Gasteiger partial charge on any atom is 0.0500 e. The van der Waals surface area contributed by atoms with Crippen molar-refractivity contribution in [2.24, 2.45) is 11.8 Å². The van der Waals surface area contributed by atoms with Crippen molar-refractivity contribution in [1.82, 2.24) is 0 Å². The molecule has 5 unspecified atom stereocenters. The number of hydrogen-bond donors (Lipinski definition) is 2. The van der Waals surface area contributed by atoms with Crippen LogP contribution in [-0.2, 0) is 25.7 Å². The molecule has 220 valence electrons. The zero-order valence-electron chi connectivity index (χ0n) is 25.5. The monoisotopic (exact) mass is 552 g/mol. The van der Waals surface area contributed by atoms with Gasteiger partial charge >= 0.3 is 0 Å². The summed E-state index contributed by atoms with van der Waals surface area (Å²) in [5.74, 6) is 3.34. The molecule has 0 radical (unpaired) electrons. The Morgan fingerprint density at radius 1 is 0.659 bits per heavy atom. The fourth-order valence-corrected chi connectivity index (χ4v) is 7.96. The molecular weight excluding hydrogens is 500 g/mol. The van der Waals surface area contributed by atoms with E-state index < -0.39 is 0 Å². The van der Waals surface area contributed by atoms with Gasteiger partial charge in [0.25, 0.3) is 0 Å². The van der Waals surface area contributed by atoms with Gasteiger partial charge in [0.1, 0.15) is 0 Å². The Hall–Kier alpha value is -2.42. The highest BCUT2D eigenvalue weighted by Gasteiger charge is 2.36. The summed E-state index contributed by atoms with van der Waals surface area (Å²) >= 11 is 0. The predicted molar refractivity (Wildman–Crippen MR) is 172 cm³/mol. The van der Waals surface area contributed by atoms with Crippen molar-refractivity contribution in [3.8, 4) is 0 Å². The highest BCUT2D eigenvalue weighted by molar-refractivity contribution is 5.35. The Morgan fingerprint density at radius 2 is 1.24 bits per heavy atom. The third-order valence-electron chi connectivity index (χ3n) is 10.5. The summed E-state index contributed by atoms with van der Waals surface area (Å²) in [6, 6.07) is 25.6. The topological polar surface area (TPSA) is 40.5 Å². The van der Waals surface area contributed by atoms with Crippen LogP contribution in [0.2, 0.25) is 0 Å². The fraction of sp³-hybridized carbons (Fsp3) is 0.538. The SMILES string of the molecule is CCCc1ccc(C2CCC3CC(c4ccc(CCc5ccc(C(CO)CCO)cc5)cc4)CCC3C2)cc1CC. The second-order valence-electron chi connectivity index (χ2n) is 13.0. The molecule has 3 aromatic carbocycles. The minimum Gasteiger partial charge on any atom is -0.396 e. The average Bonchev–Trinajstić information content (AvgIpc) is 3.03. The molecule has 2 aliphatic carbocycles. The minimum absolute atomic E-state index is 0.0309. The Bertz CT molecular complexity index is 1210. The van der Waals surface area contributed by atoms with Gasteiger partial charge in [-0.05, 0) is 133 Å². The molecule has 0 saturated heterocycles. The highest BCUT2D eigenvalue weighted by Crippen LogP contribution is 2.50. The first-order valence-corrected chi connectivity index (χ1v) is 16.6. The van der Waals surface area contributed by atoms with Gasteiger partial charge in [0.05, 0.1) is 6.61 Å². The highest BCUT2D eigenvalue weighted by atomic mass is 16.3. The van der Waals surface area contributed by atoms with Gasteiger partial charge in [-0.1, -0.05) is 87.0 Å². The van der Waals surface area contributed by atoms with E-state index in [1.807, 2.05) is 0 Å². The summed E-state index contributed by atoms with van der Waals surface area (Å²) in [6.07, 6.45) is 14.6. The van der Waals surface area contributed by atoms with Crippen molar-refractivity contribution in [2.45, 2.75) is 109 Å². The average molecular weight is 553 g/mol. The van der Waals surface area contributed by atoms with Crippen LogP contribution in [0.25, 0.3) is 0 Å². The van der Waals surface area contributed by atoms with Gasteiger partial charge in [0.2, 0.25) is 0 Å². The fourth-order valence-electron chi connectivity index (χ4n) is 7.96. The van der Waals surface area contributed by atoms with Crippen molar-refractivity contribution in [3.63, 3.8) is 0 Å². The molecule has 0 amide bonds. The number of aliphatic hydroxyl groups is 2. The van der Waals surface area contributed by atoms with Gasteiger partial charge in [0, 0.05) is 12.5 Å². The van der Waals surface area contributed by atoms with Crippen LogP contribution in [0, 0.1) is 11.8 Å². The summed E-state index contributed by atoms with van der Waals surface area (Å²) in [5, 5.41) is 18.8. The molecule has 5 rings (SSSR count). The second-order valence-corrected chi connectivity index (χ2v) is 13.0. The first-order chi connectivity index (χ1) is 20.1. The number of hydrogen-bond acceptors (Lipinski definition) is 2. The largest absolute Gasteiger partial charge is 0.396 e. The third kappa shape index (κ3) is 7.51. The molecule has 5 atom stereocenters. The van der Waals surface area contributed by atoms with E-state index in [0.717, 1.165) is 48.5 Å². The van der Waals surface area contributed by atoms with Gasteiger partial charge < -0.3 is 10.2 Å². The van der Waals surface area contributed by atoms with Crippen LogP contribution in [0.1, 0.15) is 122 Å². The lowest BCUT2D eigenvalue weighted by Crippen LogP contribution is -2.29. The summed E-state index contributed by atoms with van der Waals surface area (Å²) in [4.78, 5) is 0. The third-order valence-corrected chi connectivity index (χ3v) is 10.5. The van der Waals surface area contributed by atoms with Crippen LogP contribution >= 0.6 is 0 Å². The number of aryl methyl sites for hydroxylation is 4. The molecule has 41 heavy (non-hydrogen) atoms. The van der Waals surface area contributed by atoms with Crippen LogP contribution in [-0.4, -0.2) is 23.4 Å². The smallest absolute Gasteiger partial charge is 0.0500 e. The predicted octanol–water partition coefficient (Wildman–Crippen LogP) is 8.91. The van der Waals surface area contributed by atoms with Crippen molar-refractivity contribution in [2.75, 3.05) is 13.2 Å². The minimum atomic E-state index is 0.0309. The normalized spacial score (nSPS) is 23.2. The molecule has 0 spiro atoms. The van der Waals surface area contributed by atoms with E-state index in [1.165, 1.54) is 62.5 Å². The molecule has 0 aliphatic heterocycles. The van der Waals surface area contributed by atoms with E-state index >= 15 is 0 Å². The zero-order valence-corrected chi connectivity index (χ0v) is 25.5. The van der Waals surface area contributed by atoms with Crippen molar-refractivity contribution in [1.29, 1.82) is 0 Å². The lowest BCUT2D eigenvalue weighted by atomic mass is 9.63. The van der Waals surface area contributed by atoms with E-state index in [2.05, 4.69) is 80.6 Å². The van der Waals surface area contributed by atoms with Crippen molar-refractivity contribution in [3.05, 3.63) is 106 Å². The van der Waals surface area contributed by atoms with Gasteiger partial charge in [-0.2, -0.15) is 0 Å². The summed E-state index contributed by atoms with van der Waals surface area (Å²) in [5.41, 5.74) is 10.2. The number of rotatable bonds is 12. The van der Waals surface area contributed by atoms with Crippen molar-refractivity contribution >= 4 is 0 Å². The molecule has 2 saturated carbocycles. The van der Waals surface area contributed by atoms with Gasteiger partial charge in [-0.3, -0.25) is 0 Å². The standard InChI is InChI=1S/C39H52O2/c1-3-5-31-16-17-35(24-30(31)4-2)37-21-20-36-25-34(18-19-38(36)26-37)32-12-8-28(9-13-32)6-7-29-10-14-33(15-11-29)39(27-41)22-23-40/h8-17,24,34,36-41H,3-7,18-23,25-27H2,1-2H3.